The number of nitrogens with one attached hydrogen (secondary N) is 2. The molecule has 0 saturated heterocycles. The largest absolute Gasteiger partial charge is 0.402 e. The van der Waals surface area contributed by atoms with Gasteiger partial charge in [-0.2, -0.15) is 0 Å². The molecule has 3 rings (SSSR count). The molecule has 0 radical (unpaired) electrons. The van der Waals surface area contributed by atoms with E-state index in [1.54, 1.807) is 30.5 Å². The van der Waals surface area contributed by atoms with Crippen molar-refractivity contribution in [2.45, 2.75) is 11.8 Å². The summed E-state index contributed by atoms with van der Waals surface area (Å²) in [7, 11) is -3.69. The van der Waals surface area contributed by atoms with Gasteiger partial charge >= 0.3 is 0 Å². The fourth-order valence-electron chi connectivity index (χ4n) is 2.27. The Morgan fingerprint density at radius 2 is 1.86 bits per heavy atom. The summed E-state index contributed by atoms with van der Waals surface area (Å²) in [5, 5.41) is 5.21. The Bertz CT molecular complexity index is 1070. The molecule has 3 aromatic rings. The van der Waals surface area contributed by atoms with Gasteiger partial charge in [0, 0.05) is 23.0 Å². The van der Waals surface area contributed by atoms with Gasteiger partial charge in [0.15, 0.2) is 5.13 Å². The van der Waals surface area contributed by atoms with Crippen LogP contribution in [0.2, 0.25) is 0 Å². The number of nitrogens with two attached hydrogens (primary N) is 1. The first-order valence-electron chi connectivity index (χ1n) is 8.29. The third-order valence-electron chi connectivity index (χ3n) is 3.46. The molecular weight excluding hydrogens is 394 g/mol. The van der Waals surface area contributed by atoms with Crippen LogP contribution in [-0.2, 0) is 10.0 Å². The summed E-state index contributed by atoms with van der Waals surface area (Å²) >= 11 is 1.21. The van der Waals surface area contributed by atoms with E-state index in [-0.39, 0.29) is 4.90 Å². The molecule has 1 aromatic heterocycles. The van der Waals surface area contributed by atoms with Gasteiger partial charge in [-0.1, -0.05) is 18.2 Å². The van der Waals surface area contributed by atoms with Crippen molar-refractivity contribution in [1.82, 2.24) is 4.98 Å². The molecule has 0 bridgehead atoms. The van der Waals surface area contributed by atoms with Crippen LogP contribution in [0.5, 0.6) is 0 Å². The Hall–Kier alpha value is -3.17. The smallest absolute Gasteiger partial charge is 0.263 e. The fourth-order valence-corrected chi connectivity index (χ4v) is 4.06. The number of amidine groups is 1. The number of aromatic nitrogens is 1. The van der Waals surface area contributed by atoms with Crippen LogP contribution >= 0.6 is 11.3 Å². The van der Waals surface area contributed by atoms with Gasteiger partial charge in [-0.15, -0.1) is 11.3 Å². The molecule has 0 aliphatic rings. The second kappa shape index (κ2) is 8.68. The second-order valence-electron chi connectivity index (χ2n) is 5.81. The van der Waals surface area contributed by atoms with Crippen LogP contribution < -0.4 is 15.8 Å². The number of aliphatic imine (C=N–C) groups is 1. The average Bonchev–Trinajstić information content (AvgIpc) is 3.15. The maximum atomic E-state index is 12.4. The van der Waals surface area contributed by atoms with Crippen molar-refractivity contribution in [3.63, 3.8) is 0 Å². The van der Waals surface area contributed by atoms with Crippen LogP contribution in [0.4, 0.5) is 16.5 Å². The quantitative estimate of drug-likeness (QED) is 0.419. The maximum absolute atomic E-state index is 12.4. The topological polar surface area (TPSA) is 109 Å². The van der Waals surface area contributed by atoms with Gasteiger partial charge in [-0.05, 0) is 49.4 Å². The van der Waals surface area contributed by atoms with Crippen molar-refractivity contribution >= 4 is 43.7 Å². The van der Waals surface area contributed by atoms with E-state index in [1.807, 2.05) is 30.3 Å². The van der Waals surface area contributed by atoms with Gasteiger partial charge in [-0.25, -0.2) is 18.4 Å². The number of anilines is 2. The highest BCUT2D eigenvalue weighted by atomic mass is 32.2. The molecule has 1 heterocycles. The molecule has 9 heteroatoms. The van der Waals surface area contributed by atoms with Gasteiger partial charge in [0.25, 0.3) is 10.0 Å². The van der Waals surface area contributed by atoms with Crippen LogP contribution in [0, 0.1) is 0 Å². The van der Waals surface area contributed by atoms with Crippen molar-refractivity contribution in [3.8, 4) is 0 Å². The Morgan fingerprint density at radius 1 is 1.14 bits per heavy atom. The van der Waals surface area contributed by atoms with Gasteiger partial charge in [-0.3, -0.25) is 4.72 Å². The Labute approximate surface area is 167 Å². The Balaban J connectivity index is 1.82. The van der Waals surface area contributed by atoms with E-state index in [1.165, 1.54) is 29.7 Å². The monoisotopic (exact) mass is 413 g/mol. The number of sulfonamides is 1. The highest BCUT2D eigenvalue weighted by Gasteiger charge is 2.15. The first-order valence-corrected chi connectivity index (χ1v) is 10.7. The minimum Gasteiger partial charge on any atom is -0.402 e. The summed E-state index contributed by atoms with van der Waals surface area (Å²) in [5.41, 5.74) is 7.84. The lowest BCUT2D eigenvalue weighted by Crippen LogP contribution is -2.12. The number of thiazole rings is 1. The van der Waals surface area contributed by atoms with E-state index >= 15 is 0 Å². The molecule has 0 spiro atoms. The third-order valence-corrected chi connectivity index (χ3v) is 5.63. The Kier molecular flexibility index (Phi) is 6.07. The SMILES string of the molecule is CC(N)=CC(=Nc1ccc(S(=O)(=O)Nc2nccs2)cc1)Nc1ccccc1. The summed E-state index contributed by atoms with van der Waals surface area (Å²) in [6.07, 6.45) is 3.25. The normalized spacial score (nSPS) is 12.6. The lowest BCUT2D eigenvalue weighted by molar-refractivity contribution is 0.601. The minimum absolute atomic E-state index is 0.129. The van der Waals surface area contributed by atoms with E-state index in [2.05, 4.69) is 20.0 Å². The summed E-state index contributed by atoms with van der Waals surface area (Å²) in [4.78, 5) is 8.58. The second-order valence-corrected chi connectivity index (χ2v) is 8.39. The number of rotatable bonds is 6. The Morgan fingerprint density at radius 3 is 2.46 bits per heavy atom. The molecule has 0 saturated carbocycles. The lowest BCUT2D eigenvalue weighted by atomic mass is 10.3. The highest BCUT2D eigenvalue weighted by Crippen LogP contribution is 2.21. The van der Waals surface area contributed by atoms with Crippen LogP contribution in [0.25, 0.3) is 0 Å². The average molecular weight is 414 g/mol. The lowest BCUT2D eigenvalue weighted by Gasteiger charge is -2.08. The van der Waals surface area contributed by atoms with Crippen molar-refractivity contribution in [3.05, 3.63) is 77.9 Å². The van der Waals surface area contributed by atoms with E-state index in [4.69, 9.17) is 5.73 Å². The van der Waals surface area contributed by atoms with Gasteiger partial charge in [0.2, 0.25) is 0 Å². The van der Waals surface area contributed by atoms with Crippen molar-refractivity contribution in [2.24, 2.45) is 10.7 Å². The van der Waals surface area contributed by atoms with Crippen LogP contribution in [0.3, 0.4) is 0 Å². The summed E-state index contributed by atoms with van der Waals surface area (Å²) < 4.78 is 27.2. The van der Waals surface area contributed by atoms with Crippen molar-refractivity contribution in [1.29, 1.82) is 0 Å². The van der Waals surface area contributed by atoms with Crippen molar-refractivity contribution in [2.75, 3.05) is 10.0 Å². The zero-order valence-electron chi connectivity index (χ0n) is 15.0. The molecule has 0 aliphatic carbocycles. The van der Waals surface area contributed by atoms with E-state index < -0.39 is 10.0 Å². The number of nitrogens with zero attached hydrogens (tertiary/aromatic N) is 2. The third kappa shape index (κ3) is 5.41. The molecular formula is C19H19N5O2S2. The molecule has 0 aliphatic heterocycles. The number of allylic oxidation sites excluding steroid dienone is 1. The molecule has 0 unspecified atom stereocenters. The van der Waals surface area contributed by atoms with E-state index in [0.29, 0.717) is 22.4 Å². The van der Waals surface area contributed by atoms with Gasteiger partial charge in [0.05, 0.1) is 10.6 Å². The van der Waals surface area contributed by atoms with Crippen LogP contribution in [-0.4, -0.2) is 19.2 Å². The van der Waals surface area contributed by atoms with Crippen molar-refractivity contribution < 1.29 is 8.42 Å². The maximum Gasteiger partial charge on any atom is 0.263 e. The minimum atomic E-state index is -3.69. The van der Waals surface area contributed by atoms with E-state index in [0.717, 1.165) is 5.69 Å². The zero-order chi connectivity index (χ0) is 20.0. The predicted molar refractivity (Wildman–Crippen MR) is 114 cm³/mol. The first-order chi connectivity index (χ1) is 13.4. The standard InChI is InChI=1S/C19H19N5O2S2/c1-14(20)13-18(22-15-5-3-2-4-6-15)23-16-7-9-17(10-8-16)28(25,26)24-19-21-11-12-27-19/h2-13H,20H2,1H3,(H,21,24)(H,22,23). The van der Waals surface area contributed by atoms with Crippen LogP contribution in [0.15, 0.2) is 87.8 Å². The zero-order valence-corrected chi connectivity index (χ0v) is 16.7. The molecule has 0 fully saturated rings. The van der Waals surface area contributed by atoms with Gasteiger partial charge < -0.3 is 11.1 Å². The highest BCUT2D eigenvalue weighted by molar-refractivity contribution is 7.93. The predicted octanol–water partition coefficient (Wildman–Crippen LogP) is 3.95. The number of para-hydroxylation sites is 1. The number of hydrogen-bond donors (Lipinski definition) is 3. The van der Waals surface area contributed by atoms with E-state index in [9.17, 15) is 8.42 Å². The van der Waals surface area contributed by atoms with Crippen LogP contribution in [0.1, 0.15) is 6.92 Å². The summed E-state index contributed by atoms with van der Waals surface area (Å²) in [6, 6.07) is 15.8. The molecule has 144 valence electrons. The molecule has 0 amide bonds. The van der Waals surface area contributed by atoms with Gasteiger partial charge in [0.1, 0.15) is 5.84 Å². The molecule has 2 aromatic carbocycles. The summed E-state index contributed by atoms with van der Waals surface area (Å²) in [6.45, 7) is 1.77. The fraction of sp³-hybridized carbons (Fsp3) is 0.0526. The number of benzene rings is 2. The molecule has 7 nitrogen and oxygen atoms in total. The first kappa shape index (κ1) is 19.6. The summed E-state index contributed by atoms with van der Waals surface area (Å²) in [5.74, 6) is 0.544. The molecule has 28 heavy (non-hydrogen) atoms. The molecule has 4 N–H and O–H groups in total. The molecule has 0 atom stereocenters. The number of hydrogen-bond acceptors (Lipinski definition) is 6.